The fraction of sp³-hybridized carbons (Fsp3) is 0.364. The number of fused-ring (bicyclic) bond motifs is 1. The van der Waals surface area contributed by atoms with Crippen LogP contribution >= 0.6 is 0 Å². The van der Waals surface area contributed by atoms with Crippen LogP contribution in [-0.2, 0) is 10.0 Å². The first kappa shape index (κ1) is 21.3. The molecule has 2 heterocycles. The third kappa shape index (κ3) is 3.90. The van der Waals surface area contributed by atoms with Gasteiger partial charge < -0.3 is 10.2 Å². The van der Waals surface area contributed by atoms with E-state index in [0.717, 1.165) is 29.8 Å². The molecule has 9 heteroatoms. The van der Waals surface area contributed by atoms with Crippen molar-refractivity contribution < 1.29 is 18.0 Å². The third-order valence-corrected chi connectivity index (χ3v) is 7.60. The predicted octanol–water partition coefficient (Wildman–Crippen LogP) is 2.59. The van der Waals surface area contributed by atoms with Gasteiger partial charge in [-0.1, -0.05) is 18.6 Å². The van der Waals surface area contributed by atoms with E-state index in [0.29, 0.717) is 29.9 Å². The summed E-state index contributed by atoms with van der Waals surface area (Å²) in [5.74, 6) is -0.729. The van der Waals surface area contributed by atoms with Gasteiger partial charge >= 0.3 is 0 Å². The number of carbonyl (C=O) groups is 2. The van der Waals surface area contributed by atoms with Crippen molar-refractivity contribution in [3.8, 4) is 0 Å². The van der Waals surface area contributed by atoms with Crippen molar-refractivity contribution in [1.29, 1.82) is 0 Å². The maximum absolute atomic E-state index is 13.1. The summed E-state index contributed by atoms with van der Waals surface area (Å²) in [4.78, 5) is 28.4. The van der Waals surface area contributed by atoms with E-state index in [1.165, 1.54) is 4.31 Å². The molecule has 164 valence electrons. The fourth-order valence-electron chi connectivity index (χ4n) is 4.01. The van der Waals surface area contributed by atoms with Crippen molar-refractivity contribution in [2.75, 3.05) is 44.1 Å². The van der Waals surface area contributed by atoms with Crippen molar-refractivity contribution in [2.45, 2.75) is 24.2 Å². The molecule has 2 aromatic carbocycles. The molecule has 0 unspecified atom stereocenters. The molecular weight excluding hydrogens is 416 g/mol. The highest BCUT2D eigenvalue weighted by Crippen LogP contribution is 2.31. The molecule has 0 atom stereocenters. The Balaban J connectivity index is 1.60. The summed E-state index contributed by atoms with van der Waals surface area (Å²) < 4.78 is 27.7. The second-order valence-electron chi connectivity index (χ2n) is 7.96. The SMILES string of the molecule is CN(C)c1ccc(S(=O)(=O)N2CCCCC2)cc1NCN1C(=O)c2ccccc2C1=O. The van der Waals surface area contributed by atoms with Crippen molar-refractivity contribution in [2.24, 2.45) is 0 Å². The van der Waals surface area contributed by atoms with Gasteiger partial charge in [-0.3, -0.25) is 14.5 Å². The zero-order valence-electron chi connectivity index (χ0n) is 17.7. The topological polar surface area (TPSA) is 90.0 Å². The van der Waals surface area contributed by atoms with E-state index in [4.69, 9.17) is 0 Å². The Kier molecular flexibility index (Phi) is 5.72. The standard InChI is InChI=1S/C22H26N4O4S/c1-24(2)20-11-10-16(31(29,30)25-12-6-3-7-13-25)14-19(20)23-15-26-21(27)17-8-4-5-9-18(17)22(26)28/h4-5,8-11,14,23H,3,6-7,12-13,15H2,1-2H3. The smallest absolute Gasteiger partial charge is 0.263 e. The molecule has 2 aliphatic rings. The molecule has 0 saturated carbocycles. The van der Waals surface area contributed by atoms with Gasteiger partial charge in [-0.15, -0.1) is 0 Å². The van der Waals surface area contributed by atoms with Crippen LogP contribution in [0.25, 0.3) is 0 Å². The van der Waals surface area contributed by atoms with E-state index in [9.17, 15) is 18.0 Å². The maximum atomic E-state index is 13.1. The molecule has 2 aromatic rings. The molecule has 0 aliphatic carbocycles. The van der Waals surface area contributed by atoms with Crippen LogP contribution in [-0.4, -0.2) is 63.3 Å². The molecule has 2 amide bonds. The largest absolute Gasteiger partial charge is 0.376 e. The van der Waals surface area contributed by atoms with Crippen molar-refractivity contribution >= 4 is 33.2 Å². The quantitative estimate of drug-likeness (QED) is 0.692. The summed E-state index contributed by atoms with van der Waals surface area (Å²) in [7, 11) is 0.0949. The lowest BCUT2D eigenvalue weighted by Crippen LogP contribution is -2.36. The van der Waals surface area contributed by atoms with Crippen molar-refractivity contribution in [3.63, 3.8) is 0 Å². The van der Waals surface area contributed by atoms with E-state index in [1.807, 2.05) is 19.0 Å². The first-order chi connectivity index (χ1) is 14.8. The minimum atomic E-state index is -3.60. The Hall–Kier alpha value is -2.91. The van der Waals surface area contributed by atoms with Gasteiger partial charge in [0.2, 0.25) is 10.0 Å². The molecule has 1 N–H and O–H groups in total. The average Bonchev–Trinajstić information content (AvgIpc) is 3.02. The van der Waals surface area contributed by atoms with Crippen LogP contribution in [0.5, 0.6) is 0 Å². The number of rotatable bonds is 6. The molecule has 2 aliphatic heterocycles. The highest BCUT2D eigenvalue weighted by molar-refractivity contribution is 7.89. The molecule has 1 saturated heterocycles. The minimum absolute atomic E-state index is 0.0552. The normalized spacial score (nSPS) is 17.0. The van der Waals surface area contributed by atoms with Crippen LogP contribution in [0, 0.1) is 0 Å². The molecule has 8 nitrogen and oxygen atoms in total. The van der Waals surface area contributed by atoms with Crippen LogP contribution in [0.15, 0.2) is 47.4 Å². The summed E-state index contributed by atoms with van der Waals surface area (Å²) in [5.41, 5.74) is 2.06. The molecule has 0 bridgehead atoms. The van der Waals surface area contributed by atoms with Crippen molar-refractivity contribution in [1.82, 2.24) is 9.21 Å². The zero-order chi connectivity index (χ0) is 22.2. The van der Waals surface area contributed by atoms with E-state index in [1.54, 1.807) is 42.5 Å². The van der Waals surface area contributed by atoms with Crippen LogP contribution < -0.4 is 10.2 Å². The summed E-state index contributed by atoms with van der Waals surface area (Å²) in [6, 6.07) is 11.6. The third-order valence-electron chi connectivity index (χ3n) is 5.71. The summed E-state index contributed by atoms with van der Waals surface area (Å²) in [5, 5.41) is 3.11. The Morgan fingerprint density at radius 1 is 0.935 bits per heavy atom. The lowest BCUT2D eigenvalue weighted by Gasteiger charge is -2.27. The lowest BCUT2D eigenvalue weighted by molar-refractivity contribution is 0.0665. The van der Waals surface area contributed by atoms with Crippen LogP contribution in [0.1, 0.15) is 40.0 Å². The number of sulfonamides is 1. The van der Waals surface area contributed by atoms with Gasteiger partial charge in [-0.25, -0.2) is 8.42 Å². The Labute approximate surface area is 182 Å². The molecule has 0 radical (unpaired) electrons. The Morgan fingerprint density at radius 3 is 2.13 bits per heavy atom. The summed E-state index contributed by atoms with van der Waals surface area (Å²) in [6.45, 7) is 0.992. The van der Waals surface area contributed by atoms with Gasteiger partial charge in [-0.2, -0.15) is 4.31 Å². The molecule has 1 fully saturated rings. The molecule has 4 rings (SSSR count). The summed E-state index contributed by atoms with van der Waals surface area (Å²) >= 11 is 0. The van der Waals surface area contributed by atoms with Crippen LogP contribution in [0.2, 0.25) is 0 Å². The van der Waals surface area contributed by atoms with Gasteiger partial charge in [0.25, 0.3) is 11.8 Å². The van der Waals surface area contributed by atoms with E-state index >= 15 is 0 Å². The second kappa shape index (κ2) is 8.32. The maximum Gasteiger partial charge on any atom is 0.263 e. The average molecular weight is 443 g/mol. The number of anilines is 2. The highest BCUT2D eigenvalue weighted by atomic mass is 32.2. The first-order valence-electron chi connectivity index (χ1n) is 10.3. The minimum Gasteiger partial charge on any atom is -0.376 e. The van der Waals surface area contributed by atoms with Gasteiger partial charge in [-0.05, 0) is 43.2 Å². The van der Waals surface area contributed by atoms with Crippen LogP contribution in [0.3, 0.4) is 0 Å². The van der Waals surface area contributed by atoms with Gasteiger partial charge in [0, 0.05) is 27.2 Å². The number of benzene rings is 2. The van der Waals surface area contributed by atoms with E-state index < -0.39 is 10.0 Å². The number of nitrogens with one attached hydrogen (secondary N) is 1. The van der Waals surface area contributed by atoms with Gasteiger partial charge in [0.1, 0.15) is 0 Å². The number of hydrogen-bond donors (Lipinski definition) is 1. The first-order valence-corrected chi connectivity index (χ1v) is 11.8. The monoisotopic (exact) mass is 442 g/mol. The number of nitrogens with zero attached hydrogens (tertiary/aromatic N) is 3. The predicted molar refractivity (Wildman–Crippen MR) is 119 cm³/mol. The summed E-state index contributed by atoms with van der Waals surface area (Å²) in [6.07, 6.45) is 2.76. The van der Waals surface area contributed by atoms with Gasteiger partial charge in [0.05, 0.1) is 34.1 Å². The number of imide groups is 1. The Bertz CT molecular complexity index is 1090. The second-order valence-corrected chi connectivity index (χ2v) is 9.89. The van der Waals surface area contributed by atoms with E-state index in [-0.39, 0.29) is 23.4 Å². The van der Waals surface area contributed by atoms with Crippen LogP contribution in [0.4, 0.5) is 11.4 Å². The number of carbonyl (C=O) groups excluding carboxylic acids is 2. The molecule has 0 spiro atoms. The Morgan fingerprint density at radius 2 is 1.55 bits per heavy atom. The van der Waals surface area contributed by atoms with Crippen molar-refractivity contribution in [3.05, 3.63) is 53.6 Å². The highest BCUT2D eigenvalue weighted by Gasteiger charge is 2.35. The van der Waals surface area contributed by atoms with Gasteiger partial charge in [0.15, 0.2) is 0 Å². The molecular formula is C22H26N4O4S. The molecule has 31 heavy (non-hydrogen) atoms. The number of amides is 2. The zero-order valence-corrected chi connectivity index (χ0v) is 18.5. The van der Waals surface area contributed by atoms with E-state index in [2.05, 4.69) is 5.32 Å². The fourth-order valence-corrected chi connectivity index (χ4v) is 5.55. The molecule has 0 aromatic heterocycles. The number of piperidine rings is 1. The lowest BCUT2D eigenvalue weighted by atomic mass is 10.1. The number of hydrogen-bond acceptors (Lipinski definition) is 6.